The SMILES string of the molecule is COc1cc(F)c(C(N)c2cc(Cl)ccc2C)c(F)c1. The van der Waals surface area contributed by atoms with Crippen molar-refractivity contribution in [3.63, 3.8) is 0 Å². The normalized spacial score (nSPS) is 12.3. The fraction of sp³-hybridized carbons (Fsp3) is 0.200. The molecule has 0 radical (unpaired) electrons. The summed E-state index contributed by atoms with van der Waals surface area (Å²) in [6.07, 6.45) is 0. The largest absolute Gasteiger partial charge is 0.497 e. The summed E-state index contributed by atoms with van der Waals surface area (Å²) in [5.74, 6) is -1.37. The van der Waals surface area contributed by atoms with Gasteiger partial charge in [0.05, 0.1) is 13.2 Å². The molecule has 0 aromatic heterocycles. The number of methoxy groups -OCH3 is 1. The van der Waals surface area contributed by atoms with Crippen molar-refractivity contribution in [1.82, 2.24) is 0 Å². The molecule has 2 aromatic rings. The predicted octanol–water partition coefficient (Wildman–Crippen LogP) is 3.98. The molecule has 0 bridgehead atoms. The topological polar surface area (TPSA) is 35.2 Å². The minimum atomic E-state index is -0.931. The average Bonchev–Trinajstić information content (AvgIpc) is 2.40. The Balaban J connectivity index is 2.53. The number of ether oxygens (including phenoxy) is 1. The Morgan fingerprint density at radius 2 is 1.75 bits per heavy atom. The summed E-state index contributed by atoms with van der Waals surface area (Å²) in [7, 11) is 1.34. The Kier molecular flexibility index (Phi) is 4.26. The molecule has 2 rings (SSSR count). The van der Waals surface area contributed by atoms with Crippen molar-refractivity contribution < 1.29 is 13.5 Å². The molecule has 0 aliphatic rings. The lowest BCUT2D eigenvalue weighted by atomic mass is 9.95. The lowest BCUT2D eigenvalue weighted by Crippen LogP contribution is -2.17. The highest BCUT2D eigenvalue weighted by atomic mass is 35.5. The summed E-state index contributed by atoms with van der Waals surface area (Å²) in [5, 5.41) is 0.468. The molecule has 20 heavy (non-hydrogen) atoms. The van der Waals surface area contributed by atoms with Crippen LogP contribution in [0, 0.1) is 18.6 Å². The molecule has 0 saturated carbocycles. The highest BCUT2D eigenvalue weighted by Gasteiger charge is 2.21. The molecule has 2 N–H and O–H groups in total. The van der Waals surface area contributed by atoms with Gasteiger partial charge >= 0.3 is 0 Å². The van der Waals surface area contributed by atoms with Gasteiger partial charge in [0.15, 0.2) is 0 Å². The molecule has 0 aliphatic carbocycles. The number of hydrogen-bond acceptors (Lipinski definition) is 2. The van der Waals surface area contributed by atoms with Crippen molar-refractivity contribution in [2.45, 2.75) is 13.0 Å². The molecule has 0 fully saturated rings. The van der Waals surface area contributed by atoms with E-state index in [1.807, 2.05) is 6.92 Å². The molecular weight excluding hydrogens is 284 g/mol. The second-order valence-corrected chi connectivity index (χ2v) is 4.92. The number of rotatable bonds is 3. The number of benzene rings is 2. The molecule has 0 heterocycles. The van der Waals surface area contributed by atoms with E-state index < -0.39 is 17.7 Å². The Morgan fingerprint density at radius 1 is 1.15 bits per heavy atom. The Morgan fingerprint density at radius 3 is 2.30 bits per heavy atom. The van der Waals surface area contributed by atoms with Crippen molar-refractivity contribution in [2.24, 2.45) is 5.73 Å². The molecule has 5 heteroatoms. The van der Waals surface area contributed by atoms with Gasteiger partial charge in [-0.3, -0.25) is 0 Å². The molecular formula is C15H14ClF2NO. The zero-order valence-electron chi connectivity index (χ0n) is 11.1. The van der Waals surface area contributed by atoms with Crippen LogP contribution in [0.5, 0.6) is 5.75 Å². The monoisotopic (exact) mass is 297 g/mol. The predicted molar refractivity (Wildman–Crippen MR) is 75.1 cm³/mol. The number of hydrogen-bond donors (Lipinski definition) is 1. The van der Waals surface area contributed by atoms with Crippen LogP contribution in [0.4, 0.5) is 8.78 Å². The Hall–Kier alpha value is -1.65. The maximum absolute atomic E-state index is 14.0. The van der Waals surface area contributed by atoms with Gasteiger partial charge < -0.3 is 10.5 Å². The lowest BCUT2D eigenvalue weighted by molar-refractivity contribution is 0.404. The maximum atomic E-state index is 14.0. The zero-order chi connectivity index (χ0) is 14.9. The molecule has 0 aliphatic heterocycles. The van der Waals surface area contributed by atoms with Crippen LogP contribution in [0.1, 0.15) is 22.7 Å². The first kappa shape index (κ1) is 14.8. The van der Waals surface area contributed by atoms with E-state index >= 15 is 0 Å². The lowest BCUT2D eigenvalue weighted by Gasteiger charge is -2.17. The third kappa shape index (κ3) is 2.76. The van der Waals surface area contributed by atoms with E-state index in [2.05, 4.69) is 0 Å². The fourth-order valence-electron chi connectivity index (χ4n) is 2.08. The standard InChI is InChI=1S/C15H14ClF2NO/c1-8-3-4-9(16)5-11(8)15(19)14-12(17)6-10(20-2)7-13(14)18/h3-7,15H,19H2,1-2H3. The van der Waals surface area contributed by atoms with Gasteiger partial charge in [-0.2, -0.15) is 0 Å². The van der Waals surface area contributed by atoms with E-state index in [9.17, 15) is 8.78 Å². The summed E-state index contributed by atoms with van der Waals surface area (Å²) < 4.78 is 32.9. The second-order valence-electron chi connectivity index (χ2n) is 4.48. The molecule has 1 atom stereocenters. The quantitative estimate of drug-likeness (QED) is 0.930. The van der Waals surface area contributed by atoms with Gasteiger partial charge in [0.1, 0.15) is 17.4 Å². The van der Waals surface area contributed by atoms with Crippen LogP contribution < -0.4 is 10.5 Å². The molecule has 0 saturated heterocycles. The summed E-state index contributed by atoms with van der Waals surface area (Å²) in [6.45, 7) is 1.81. The van der Waals surface area contributed by atoms with Gasteiger partial charge in [-0.25, -0.2) is 8.78 Å². The van der Waals surface area contributed by atoms with Crippen LogP contribution in [0.3, 0.4) is 0 Å². The van der Waals surface area contributed by atoms with Crippen molar-refractivity contribution in [3.8, 4) is 5.75 Å². The van der Waals surface area contributed by atoms with Gasteiger partial charge in [-0.1, -0.05) is 17.7 Å². The summed E-state index contributed by atoms with van der Waals surface area (Å²) in [6, 6.07) is 6.37. The number of aryl methyl sites for hydroxylation is 1. The highest BCUT2D eigenvalue weighted by Crippen LogP contribution is 2.31. The van der Waals surface area contributed by atoms with Crippen LogP contribution in [0.25, 0.3) is 0 Å². The molecule has 0 amide bonds. The van der Waals surface area contributed by atoms with E-state index in [4.69, 9.17) is 22.1 Å². The van der Waals surface area contributed by atoms with Gasteiger partial charge in [0, 0.05) is 22.7 Å². The minimum Gasteiger partial charge on any atom is -0.497 e. The Labute approximate surface area is 121 Å². The van der Waals surface area contributed by atoms with E-state index in [1.54, 1.807) is 18.2 Å². The summed E-state index contributed by atoms with van der Waals surface area (Å²) in [4.78, 5) is 0. The fourth-order valence-corrected chi connectivity index (χ4v) is 2.26. The van der Waals surface area contributed by atoms with Crippen LogP contribution in [-0.4, -0.2) is 7.11 Å². The molecule has 106 valence electrons. The van der Waals surface area contributed by atoms with Crippen molar-refractivity contribution >= 4 is 11.6 Å². The smallest absolute Gasteiger partial charge is 0.134 e. The van der Waals surface area contributed by atoms with Crippen molar-refractivity contribution in [1.29, 1.82) is 0 Å². The van der Waals surface area contributed by atoms with Gasteiger partial charge in [0.2, 0.25) is 0 Å². The van der Waals surface area contributed by atoms with E-state index in [-0.39, 0.29) is 11.3 Å². The van der Waals surface area contributed by atoms with Crippen LogP contribution in [-0.2, 0) is 0 Å². The Bertz CT molecular complexity index is 623. The molecule has 2 aromatic carbocycles. The first-order chi connectivity index (χ1) is 9.43. The summed E-state index contributed by atoms with van der Waals surface area (Å²) in [5.41, 5.74) is 7.20. The van der Waals surface area contributed by atoms with E-state index in [1.165, 1.54) is 7.11 Å². The highest BCUT2D eigenvalue weighted by molar-refractivity contribution is 6.30. The first-order valence-electron chi connectivity index (χ1n) is 5.98. The zero-order valence-corrected chi connectivity index (χ0v) is 11.8. The van der Waals surface area contributed by atoms with Crippen LogP contribution in [0.15, 0.2) is 30.3 Å². The molecule has 0 spiro atoms. The van der Waals surface area contributed by atoms with E-state index in [0.717, 1.165) is 17.7 Å². The number of nitrogens with two attached hydrogens (primary N) is 1. The van der Waals surface area contributed by atoms with Gasteiger partial charge in [-0.05, 0) is 30.2 Å². The van der Waals surface area contributed by atoms with Crippen LogP contribution >= 0.6 is 11.6 Å². The molecule has 1 unspecified atom stereocenters. The third-order valence-corrected chi connectivity index (χ3v) is 3.41. The molecule has 2 nitrogen and oxygen atoms in total. The van der Waals surface area contributed by atoms with Gasteiger partial charge in [-0.15, -0.1) is 0 Å². The van der Waals surface area contributed by atoms with Crippen molar-refractivity contribution in [2.75, 3.05) is 7.11 Å². The second kappa shape index (κ2) is 5.77. The number of halogens is 3. The minimum absolute atomic E-state index is 0.110. The maximum Gasteiger partial charge on any atom is 0.134 e. The van der Waals surface area contributed by atoms with E-state index in [0.29, 0.717) is 10.6 Å². The first-order valence-corrected chi connectivity index (χ1v) is 6.36. The van der Waals surface area contributed by atoms with Gasteiger partial charge in [0.25, 0.3) is 0 Å². The summed E-state index contributed by atoms with van der Waals surface area (Å²) >= 11 is 5.91. The third-order valence-electron chi connectivity index (χ3n) is 3.18. The average molecular weight is 298 g/mol. The van der Waals surface area contributed by atoms with Crippen LogP contribution in [0.2, 0.25) is 5.02 Å². The van der Waals surface area contributed by atoms with Crippen molar-refractivity contribution in [3.05, 3.63) is 63.7 Å².